The quantitative estimate of drug-likeness (QED) is 0.804. The van der Waals surface area contributed by atoms with Crippen LogP contribution in [0.15, 0.2) is 12.1 Å². The third kappa shape index (κ3) is 3.18. The van der Waals surface area contributed by atoms with Gasteiger partial charge < -0.3 is 10.5 Å². The molecule has 0 aromatic heterocycles. The van der Waals surface area contributed by atoms with Gasteiger partial charge in [0, 0.05) is 17.1 Å². The molecule has 0 spiro atoms. The first kappa shape index (κ1) is 15.5. The fourth-order valence-corrected chi connectivity index (χ4v) is 4.73. The Hall–Kier alpha value is -0.440. The van der Waals surface area contributed by atoms with E-state index in [9.17, 15) is 0 Å². The van der Waals surface area contributed by atoms with Crippen molar-refractivity contribution in [1.29, 1.82) is 0 Å². The molecule has 2 N–H and O–H groups in total. The molecular formula is C17H23Cl2NO. The first-order valence-corrected chi connectivity index (χ1v) is 8.71. The van der Waals surface area contributed by atoms with Gasteiger partial charge in [0.25, 0.3) is 0 Å². The highest BCUT2D eigenvalue weighted by atomic mass is 35.5. The van der Waals surface area contributed by atoms with Crippen molar-refractivity contribution in [3.8, 4) is 5.75 Å². The molecule has 2 aliphatic rings. The van der Waals surface area contributed by atoms with E-state index in [0.29, 0.717) is 22.4 Å². The van der Waals surface area contributed by atoms with Gasteiger partial charge in [0.2, 0.25) is 0 Å². The average Bonchev–Trinajstić information content (AvgIpc) is 3.05. The molecule has 4 heteroatoms. The van der Waals surface area contributed by atoms with Crippen LogP contribution in [0.25, 0.3) is 0 Å². The molecule has 0 radical (unpaired) electrons. The van der Waals surface area contributed by atoms with E-state index in [-0.39, 0.29) is 6.04 Å². The summed E-state index contributed by atoms with van der Waals surface area (Å²) in [7, 11) is 0. The molecule has 1 aromatic carbocycles. The predicted octanol–water partition coefficient (Wildman–Crippen LogP) is 5.22. The van der Waals surface area contributed by atoms with E-state index < -0.39 is 0 Å². The second kappa shape index (κ2) is 6.36. The average molecular weight is 328 g/mol. The van der Waals surface area contributed by atoms with Crippen molar-refractivity contribution in [3.63, 3.8) is 0 Å². The number of halogens is 2. The normalized spacial score (nSPS) is 28.9. The third-order valence-electron chi connectivity index (χ3n) is 5.19. The molecule has 0 aliphatic heterocycles. The molecule has 2 fully saturated rings. The van der Waals surface area contributed by atoms with Crippen molar-refractivity contribution in [1.82, 2.24) is 0 Å². The third-order valence-corrected chi connectivity index (χ3v) is 5.81. The summed E-state index contributed by atoms with van der Waals surface area (Å²) >= 11 is 12.6. The molecule has 1 aromatic rings. The van der Waals surface area contributed by atoms with Crippen LogP contribution in [-0.2, 0) is 0 Å². The van der Waals surface area contributed by atoms with Crippen molar-refractivity contribution >= 4 is 23.2 Å². The molecule has 116 valence electrons. The van der Waals surface area contributed by atoms with E-state index in [2.05, 4.69) is 0 Å². The van der Waals surface area contributed by atoms with Crippen molar-refractivity contribution in [2.75, 3.05) is 6.61 Å². The summed E-state index contributed by atoms with van der Waals surface area (Å²) < 4.78 is 5.47. The molecule has 0 amide bonds. The molecule has 21 heavy (non-hydrogen) atoms. The Morgan fingerprint density at radius 2 is 2.05 bits per heavy atom. The number of hydrogen-bond donors (Lipinski definition) is 1. The van der Waals surface area contributed by atoms with Crippen molar-refractivity contribution in [2.24, 2.45) is 23.5 Å². The Kier molecular flexibility index (Phi) is 4.68. The van der Waals surface area contributed by atoms with E-state index in [1.165, 1.54) is 25.7 Å². The fourth-order valence-electron chi connectivity index (χ4n) is 4.21. The van der Waals surface area contributed by atoms with Crippen molar-refractivity contribution < 1.29 is 4.74 Å². The summed E-state index contributed by atoms with van der Waals surface area (Å²) in [5.41, 5.74) is 7.37. The van der Waals surface area contributed by atoms with Gasteiger partial charge in [-0.3, -0.25) is 0 Å². The van der Waals surface area contributed by atoms with Crippen LogP contribution in [0.3, 0.4) is 0 Å². The Morgan fingerprint density at radius 3 is 2.67 bits per heavy atom. The summed E-state index contributed by atoms with van der Waals surface area (Å²) in [5, 5.41) is 1.26. The Labute approximate surface area is 136 Å². The SMILES string of the molecule is CCOc1cc(Cl)c(C(N)CC2CC3CCC2C3)cc1Cl. The first-order chi connectivity index (χ1) is 10.1. The largest absolute Gasteiger partial charge is 0.492 e. The summed E-state index contributed by atoms with van der Waals surface area (Å²) in [6.07, 6.45) is 6.59. The molecule has 0 saturated heterocycles. The zero-order valence-electron chi connectivity index (χ0n) is 12.4. The van der Waals surface area contributed by atoms with Gasteiger partial charge in [0.15, 0.2) is 0 Å². The smallest absolute Gasteiger partial charge is 0.139 e. The number of fused-ring (bicyclic) bond motifs is 2. The van der Waals surface area contributed by atoms with Gasteiger partial charge >= 0.3 is 0 Å². The minimum atomic E-state index is -0.0324. The Balaban J connectivity index is 1.72. The maximum absolute atomic E-state index is 6.42. The van der Waals surface area contributed by atoms with Gasteiger partial charge in [0.05, 0.1) is 11.6 Å². The highest BCUT2D eigenvalue weighted by Gasteiger charge is 2.40. The Bertz CT molecular complexity index is 520. The highest BCUT2D eigenvalue weighted by Crippen LogP contribution is 2.51. The van der Waals surface area contributed by atoms with Crippen LogP contribution in [0, 0.1) is 17.8 Å². The van der Waals surface area contributed by atoms with E-state index in [1.54, 1.807) is 6.07 Å². The van der Waals surface area contributed by atoms with Gasteiger partial charge in [-0.15, -0.1) is 0 Å². The van der Waals surface area contributed by atoms with E-state index in [4.69, 9.17) is 33.7 Å². The van der Waals surface area contributed by atoms with Gasteiger partial charge in [-0.1, -0.05) is 29.6 Å². The molecular weight excluding hydrogens is 305 g/mol. The van der Waals surface area contributed by atoms with Crippen molar-refractivity contribution in [3.05, 3.63) is 27.7 Å². The minimum absolute atomic E-state index is 0.0324. The zero-order chi connectivity index (χ0) is 15.0. The van der Waals surface area contributed by atoms with Gasteiger partial charge in [-0.25, -0.2) is 0 Å². The lowest BCUT2D eigenvalue weighted by Crippen LogP contribution is -2.19. The van der Waals surface area contributed by atoms with Crippen molar-refractivity contribution in [2.45, 2.75) is 45.1 Å². The van der Waals surface area contributed by atoms with Crippen LogP contribution in [0.5, 0.6) is 5.75 Å². The predicted molar refractivity (Wildman–Crippen MR) is 88.1 cm³/mol. The van der Waals surface area contributed by atoms with Crippen LogP contribution in [0.2, 0.25) is 10.0 Å². The maximum Gasteiger partial charge on any atom is 0.139 e. The Morgan fingerprint density at radius 1 is 1.24 bits per heavy atom. The standard InChI is InChI=1S/C17H23Cl2NO/c1-2-21-17-9-14(18)13(8-15(17)19)16(20)7-12-6-10-3-4-11(12)5-10/h8-12,16H,2-7,20H2,1H3. The van der Waals surface area contributed by atoms with Gasteiger partial charge in [-0.2, -0.15) is 0 Å². The second-order valence-corrected chi connectivity index (χ2v) is 7.33. The molecule has 4 unspecified atom stereocenters. The van der Waals surface area contributed by atoms with Crippen LogP contribution < -0.4 is 10.5 Å². The second-order valence-electron chi connectivity index (χ2n) is 6.51. The van der Waals surface area contributed by atoms with Gasteiger partial charge in [-0.05, 0) is 62.0 Å². The van der Waals surface area contributed by atoms with Crippen LogP contribution >= 0.6 is 23.2 Å². The molecule has 2 saturated carbocycles. The summed E-state index contributed by atoms with van der Waals surface area (Å²) in [5.74, 6) is 3.24. The molecule has 3 rings (SSSR count). The maximum atomic E-state index is 6.42. The highest BCUT2D eigenvalue weighted by molar-refractivity contribution is 6.34. The number of benzene rings is 1. The zero-order valence-corrected chi connectivity index (χ0v) is 14.0. The summed E-state index contributed by atoms with van der Waals surface area (Å²) in [6, 6.07) is 3.64. The van der Waals surface area contributed by atoms with Crippen LogP contribution in [0.1, 0.15) is 50.6 Å². The first-order valence-electron chi connectivity index (χ1n) is 7.95. The topological polar surface area (TPSA) is 35.2 Å². The van der Waals surface area contributed by atoms with Crippen LogP contribution in [0.4, 0.5) is 0 Å². The molecule has 2 aliphatic carbocycles. The molecule has 4 atom stereocenters. The lowest BCUT2D eigenvalue weighted by atomic mass is 9.83. The summed E-state index contributed by atoms with van der Waals surface area (Å²) in [4.78, 5) is 0. The monoisotopic (exact) mass is 327 g/mol. The lowest BCUT2D eigenvalue weighted by Gasteiger charge is -2.25. The fraction of sp³-hybridized carbons (Fsp3) is 0.647. The van der Waals surface area contributed by atoms with Gasteiger partial charge in [0.1, 0.15) is 5.75 Å². The van der Waals surface area contributed by atoms with E-state index in [0.717, 1.165) is 29.7 Å². The molecule has 2 nitrogen and oxygen atoms in total. The van der Waals surface area contributed by atoms with E-state index >= 15 is 0 Å². The summed E-state index contributed by atoms with van der Waals surface area (Å²) in [6.45, 7) is 2.51. The number of rotatable bonds is 5. The number of ether oxygens (including phenoxy) is 1. The molecule has 2 bridgehead atoms. The minimum Gasteiger partial charge on any atom is -0.492 e. The molecule has 0 heterocycles. The number of hydrogen-bond acceptors (Lipinski definition) is 2. The van der Waals surface area contributed by atoms with Crippen LogP contribution in [-0.4, -0.2) is 6.61 Å². The number of nitrogens with two attached hydrogens (primary N) is 1. The lowest BCUT2D eigenvalue weighted by molar-refractivity contribution is 0.296. The van der Waals surface area contributed by atoms with E-state index in [1.807, 2.05) is 13.0 Å².